The first kappa shape index (κ1) is 15.0. The van der Waals surface area contributed by atoms with Gasteiger partial charge in [-0.1, -0.05) is 49.8 Å². The molecule has 0 aromatic heterocycles. The Hall–Kier alpha value is -2.35. The first-order valence-electron chi connectivity index (χ1n) is 7.30. The fraction of sp³-hybridized carbons (Fsp3) is 0.211. The average Bonchev–Trinajstić information content (AvgIpc) is 2.54. The third-order valence-electron chi connectivity index (χ3n) is 3.13. The second-order valence-electron chi connectivity index (χ2n) is 4.83. The molecule has 21 heavy (non-hydrogen) atoms. The van der Waals surface area contributed by atoms with E-state index >= 15 is 0 Å². The Morgan fingerprint density at radius 1 is 1.05 bits per heavy atom. The number of allylic oxidation sites excluding steroid dienone is 1. The third-order valence-corrected chi connectivity index (χ3v) is 3.13. The zero-order valence-corrected chi connectivity index (χ0v) is 12.3. The molecule has 0 radical (unpaired) electrons. The highest BCUT2D eigenvalue weighted by Gasteiger charge is 2.02. The van der Waals surface area contributed by atoms with Crippen molar-refractivity contribution in [3.05, 3.63) is 71.8 Å². The lowest BCUT2D eigenvalue weighted by molar-refractivity contribution is 0.104. The van der Waals surface area contributed by atoms with Crippen molar-refractivity contribution in [3.8, 4) is 5.75 Å². The molecule has 2 rings (SSSR count). The van der Waals surface area contributed by atoms with Gasteiger partial charge in [-0.15, -0.1) is 0 Å². The smallest absolute Gasteiger partial charge is 0.185 e. The predicted molar refractivity (Wildman–Crippen MR) is 86.7 cm³/mol. The van der Waals surface area contributed by atoms with Crippen LogP contribution in [0.2, 0.25) is 0 Å². The number of ketones is 1. The highest BCUT2D eigenvalue weighted by molar-refractivity contribution is 6.06. The van der Waals surface area contributed by atoms with Gasteiger partial charge in [-0.25, -0.2) is 0 Å². The number of benzene rings is 2. The van der Waals surface area contributed by atoms with Gasteiger partial charge in [-0.3, -0.25) is 4.79 Å². The van der Waals surface area contributed by atoms with E-state index in [9.17, 15) is 4.79 Å². The van der Waals surface area contributed by atoms with E-state index in [-0.39, 0.29) is 5.78 Å². The van der Waals surface area contributed by atoms with Gasteiger partial charge in [0, 0.05) is 5.56 Å². The molecule has 0 bridgehead atoms. The molecule has 0 saturated heterocycles. The summed E-state index contributed by atoms with van der Waals surface area (Å²) in [5.74, 6) is 0.811. The number of hydrogen-bond donors (Lipinski definition) is 0. The monoisotopic (exact) mass is 280 g/mol. The van der Waals surface area contributed by atoms with E-state index in [4.69, 9.17) is 4.74 Å². The minimum Gasteiger partial charge on any atom is -0.494 e. The summed E-state index contributed by atoms with van der Waals surface area (Å²) in [7, 11) is 0. The Labute approximate surface area is 126 Å². The van der Waals surface area contributed by atoms with Crippen molar-refractivity contribution in [3.63, 3.8) is 0 Å². The molecular weight excluding hydrogens is 260 g/mol. The molecule has 0 aliphatic heterocycles. The van der Waals surface area contributed by atoms with Gasteiger partial charge in [0.1, 0.15) is 5.75 Å². The molecule has 2 heteroatoms. The summed E-state index contributed by atoms with van der Waals surface area (Å²) in [6.07, 6.45) is 5.58. The van der Waals surface area contributed by atoms with Crippen molar-refractivity contribution >= 4 is 11.9 Å². The standard InChI is InChI=1S/C19H20O2/c1-2-3-15-21-18-12-10-17(11-13-18)19(20)14-9-16-7-5-4-6-8-16/h4-14H,2-3,15H2,1H3/b14-9+. The van der Waals surface area contributed by atoms with E-state index in [0.29, 0.717) is 5.56 Å². The summed E-state index contributed by atoms with van der Waals surface area (Å²) in [5.41, 5.74) is 1.69. The van der Waals surface area contributed by atoms with Crippen LogP contribution in [0.1, 0.15) is 35.7 Å². The number of hydrogen-bond acceptors (Lipinski definition) is 2. The van der Waals surface area contributed by atoms with E-state index in [1.165, 1.54) is 0 Å². The molecule has 2 aromatic carbocycles. The Balaban J connectivity index is 1.95. The summed E-state index contributed by atoms with van der Waals surface area (Å²) >= 11 is 0. The summed E-state index contributed by atoms with van der Waals surface area (Å²) in [4.78, 5) is 12.1. The summed E-state index contributed by atoms with van der Waals surface area (Å²) in [5, 5.41) is 0. The van der Waals surface area contributed by atoms with Crippen LogP contribution in [0.15, 0.2) is 60.7 Å². The van der Waals surface area contributed by atoms with E-state index in [1.807, 2.05) is 48.5 Å². The van der Waals surface area contributed by atoms with E-state index in [1.54, 1.807) is 18.2 Å². The van der Waals surface area contributed by atoms with Crippen LogP contribution >= 0.6 is 0 Å². The van der Waals surface area contributed by atoms with Gasteiger partial charge >= 0.3 is 0 Å². The molecule has 0 aliphatic rings. The number of carbonyl (C=O) groups excluding carboxylic acids is 1. The van der Waals surface area contributed by atoms with E-state index in [0.717, 1.165) is 30.8 Å². The quantitative estimate of drug-likeness (QED) is 0.415. The zero-order valence-electron chi connectivity index (χ0n) is 12.3. The van der Waals surface area contributed by atoms with Gasteiger partial charge in [0.25, 0.3) is 0 Å². The van der Waals surface area contributed by atoms with Crippen LogP contribution in [-0.4, -0.2) is 12.4 Å². The first-order chi connectivity index (χ1) is 10.3. The molecular formula is C19H20O2. The lowest BCUT2D eigenvalue weighted by Gasteiger charge is -2.05. The lowest BCUT2D eigenvalue weighted by Crippen LogP contribution is -1.98. The second-order valence-corrected chi connectivity index (χ2v) is 4.83. The SMILES string of the molecule is CCCCOc1ccc(C(=O)/C=C/c2ccccc2)cc1. The minimum atomic E-state index is -0.000962. The molecule has 0 unspecified atom stereocenters. The normalized spacial score (nSPS) is 10.7. The van der Waals surface area contributed by atoms with Crippen molar-refractivity contribution in [1.82, 2.24) is 0 Å². The van der Waals surface area contributed by atoms with Gasteiger partial charge in [0.2, 0.25) is 0 Å². The number of unbranched alkanes of at least 4 members (excludes halogenated alkanes) is 1. The Morgan fingerprint density at radius 2 is 1.76 bits per heavy atom. The molecule has 0 heterocycles. The molecule has 0 atom stereocenters. The molecule has 0 N–H and O–H groups in total. The largest absolute Gasteiger partial charge is 0.494 e. The highest BCUT2D eigenvalue weighted by atomic mass is 16.5. The maximum atomic E-state index is 12.1. The Morgan fingerprint density at radius 3 is 2.43 bits per heavy atom. The first-order valence-corrected chi connectivity index (χ1v) is 7.30. The Bertz CT molecular complexity index is 583. The van der Waals surface area contributed by atoms with Gasteiger partial charge in [0.15, 0.2) is 5.78 Å². The number of carbonyl (C=O) groups is 1. The number of rotatable bonds is 7. The second kappa shape index (κ2) is 8.05. The molecule has 0 spiro atoms. The molecule has 0 amide bonds. The van der Waals surface area contributed by atoms with Gasteiger partial charge < -0.3 is 4.74 Å². The maximum Gasteiger partial charge on any atom is 0.185 e. The molecule has 2 aromatic rings. The summed E-state index contributed by atoms with van der Waals surface area (Å²) in [6, 6.07) is 17.1. The van der Waals surface area contributed by atoms with Gasteiger partial charge in [-0.2, -0.15) is 0 Å². The van der Waals surface area contributed by atoms with Crippen LogP contribution in [0.25, 0.3) is 6.08 Å². The summed E-state index contributed by atoms with van der Waals surface area (Å²) in [6.45, 7) is 2.85. The highest BCUT2D eigenvalue weighted by Crippen LogP contribution is 2.14. The van der Waals surface area contributed by atoms with Gasteiger partial charge in [0.05, 0.1) is 6.61 Å². The molecule has 0 fully saturated rings. The van der Waals surface area contributed by atoms with E-state index in [2.05, 4.69) is 6.92 Å². The topological polar surface area (TPSA) is 26.3 Å². The number of ether oxygens (including phenoxy) is 1. The molecule has 0 aliphatic carbocycles. The van der Waals surface area contributed by atoms with Crippen LogP contribution in [0.4, 0.5) is 0 Å². The Kier molecular flexibility index (Phi) is 5.77. The van der Waals surface area contributed by atoms with Crippen LogP contribution in [0.3, 0.4) is 0 Å². The average molecular weight is 280 g/mol. The summed E-state index contributed by atoms with van der Waals surface area (Å²) < 4.78 is 5.58. The van der Waals surface area contributed by atoms with Gasteiger partial charge in [-0.05, 0) is 42.3 Å². The van der Waals surface area contributed by atoms with E-state index < -0.39 is 0 Å². The molecule has 108 valence electrons. The van der Waals surface area contributed by atoms with Crippen molar-refractivity contribution in [2.24, 2.45) is 0 Å². The van der Waals surface area contributed by atoms with Crippen molar-refractivity contribution in [2.45, 2.75) is 19.8 Å². The molecule has 2 nitrogen and oxygen atoms in total. The molecule has 0 saturated carbocycles. The fourth-order valence-electron chi connectivity index (χ4n) is 1.88. The zero-order chi connectivity index (χ0) is 14.9. The van der Waals surface area contributed by atoms with Crippen molar-refractivity contribution in [1.29, 1.82) is 0 Å². The fourth-order valence-corrected chi connectivity index (χ4v) is 1.88. The third kappa shape index (κ3) is 4.92. The van der Waals surface area contributed by atoms with Crippen LogP contribution in [0, 0.1) is 0 Å². The van der Waals surface area contributed by atoms with Crippen LogP contribution < -0.4 is 4.74 Å². The predicted octanol–water partition coefficient (Wildman–Crippen LogP) is 4.76. The van der Waals surface area contributed by atoms with Crippen LogP contribution in [-0.2, 0) is 0 Å². The minimum absolute atomic E-state index is 0.000962. The van der Waals surface area contributed by atoms with Crippen molar-refractivity contribution < 1.29 is 9.53 Å². The lowest BCUT2D eigenvalue weighted by atomic mass is 10.1. The van der Waals surface area contributed by atoms with Crippen molar-refractivity contribution in [2.75, 3.05) is 6.61 Å². The maximum absolute atomic E-state index is 12.1. The van der Waals surface area contributed by atoms with Crippen LogP contribution in [0.5, 0.6) is 5.75 Å².